The minimum absolute atomic E-state index is 0.145. The maximum atomic E-state index is 11.7. The van der Waals surface area contributed by atoms with Gasteiger partial charge >= 0.3 is 6.03 Å². The first kappa shape index (κ1) is 9.28. The second kappa shape index (κ2) is 3.46. The van der Waals surface area contributed by atoms with Crippen molar-refractivity contribution in [3.8, 4) is 6.07 Å². The molecule has 14 heavy (non-hydrogen) atoms. The summed E-state index contributed by atoms with van der Waals surface area (Å²) < 4.78 is 0. The maximum absolute atomic E-state index is 11.7. The van der Waals surface area contributed by atoms with Crippen molar-refractivity contribution in [2.75, 3.05) is 13.2 Å². The molecule has 2 aliphatic rings. The number of urea groups is 1. The maximum Gasteiger partial charge on any atom is 0.345 e. The van der Waals surface area contributed by atoms with Crippen LogP contribution >= 0.6 is 0 Å². The fourth-order valence-electron chi connectivity index (χ4n) is 2.07. The summed E-state index contributed by atoms with van der Waals surface area (Å²) in [4.78, 5) is 18.6. The number of hydroxylamine groups is 2. The smallest absolute Gasteiger partial charge is 0.305 e. The summed E-state index contributed by atoms with van der Waals surface area (Å²) in [5.41, 5.74) is 0. The molecule has 2 atom stereocenters. The normalized spacial score (nSPS) is 30.7. The van der Waals surface area contributed by atoms with Gasteiger partial charge in [0, 0.05) is 6.54 Å². The molecular weight excluding hydrogens is 182 g/mol. The molecule has 0 aromatic rings. The van der Waals surface area contributed by atoms with Crippen LogP contribution in [-0.2, 0) is 4.84 Å². The summed E-state index contributed by atoms with van der Waals surface area (Å²) in [6.07, 6.45) is 1.62. The minimum atomic E-state index is -0.260. The van der Waals surface area contributed by atoms with Gasteiger partial charge in [0.15, 0.2) is 0 Å². The monoisotopic (exact) mass is 195 g/mol. The molecule has 0 spiro atoms. The third-order valence-electron chi connectivity index (χ3n) is 2.74. The molecule has 0 unspecified atom stereocenters. The Labute approximate surface area is 82.8 Å². The van der Waals surface area contributed by atoms with Gasteiger partial charge in [-0.3, -0.25) is 4.84 Å². The van der Waals surface area contributed by atoms with E-state index in [9.17, 15) is 4.79 Å². The number of carbonyl (C=O) groups excluding carboxylic acids is 1. The van der Waals surface area contributed by atoms with Crippen molar-refractivity contribution >= 4 is 6.03 Å². The molecule has 5 heteroatoms. The van der Waals surface area contributed by atoms with Crippen LogP contribution < -0.4 is 0 Å². The Balaban J connectivity index is 2.14. The van der Waals surface area contributed by atoms with Crippen molar-refractivity contribution < 1.29 is 9.63 Å². The second-order valence-electron chi connectivity index (χ2n) is 3.55. The number of piperidine rings is 1. The van der Waals surface area contributed by atoms with Gasteiger partial charge in [-0.25, -0.2) is 4.79 Å². The molecule has 2 aliphatic heterocycles. The second-order valence-corrected chi connectivity index (χ2v) is 3.55. The lowest BCUT2D eigenvalue weighted by Crippen LogP contribution is -2.38. The van der Waals surface area contributed by atoms with Gasteiger partial charge < -0.3 is 4.90 Å². The van der Waals surface area contributed by atoms with Gasteiger partial charge in [0.25, 0.3) is 0 Å². The molecule has 2 amide bonds. The molecule has 0 aliphatic carbocycles. The number of nitriles is 1. The number of hydrogen-bond acceptors (Lipinski definition) is 3. The largest absolute Gasteiger partial charge is 0.345 e. The molecule has 0 radical (unpaired) electrons. The molecule has 2 saturated heterocycles. The number of hydrogen-bond donors (Lipinski definition) is 0. The van der Waals surface area contributed by atoms with Crippen LogP contribution in [0.1, 0.15) is 19.8 Å². The van der Waals surface area contributed by atoms with Gasteiger partial charge in [0.2, 0.25) is 0 Å². The number of fused-ring (bicyclic) bond motifs is 2. The van der Waals surface area contributed by atoms with Crippen molar-refractivity contribution in [2.45, 2.75) is 31.8 Å². The van der Waals surface area contributed by atoms with Crippen LogP contribution in [0.5, 0.6) is 0 Å². The van der Waals surface area contributed by atoms with Crippen molar-refractivity contribution in [2.24, 2.45) is 0 Å². The van der Waals surface area contributed by atoms with Gasteiger partial charge in [-0.05, 0) is 19.8 Å². The number of carbonyl (C=O) groups is 1. The quantitative estimate of drug-likeness (QED) is 0.652. The predicted molar refractivity (Wildman–Crippen MR) is 48.0 cm³/mol. The highest BCUT2D eigenvalue weighted by Crippen LogP contribution is 2.29. The average Bonchev–Trinajstić information content (AvgIpc) is 2.45. The fourth-order valence-corrected chi connectivity index (χ4v) is 2.07. The molecular formula is C9H13N3O2. The minimum Gasteiger partial charge on any atom is -0.305 e. The molecule has 2 fully saturated rings. The Morgan fingerprint density at radius 3 is 3.07 bits per heavy atom. The summed E-state index contributed by atoms with van der Waals surface area (Å²) in [6.45, 7) is 2.98. The summed E-state index contributed by atoms with van der Waals surface area (Å²) in [6, 6.07) is 1.88. The molecule has 0 N–H and O–H groups in total. The van der Waals surface area contributed by atoms with Gasteiger partial charge in [-0.2, -0.15) is 10.3 Å². The first-order valence-electron chi connectivity index (χ1n) is 4.90. The Morgan fingerprint density at radius 2 is 2.43 bits per heavy atom. The van der Waals surface area contributed by atoms with Crippen molar-refractivity contribution in [3.63, 3.8) is 0 Å². The fraction of sp³-hybridized carbons (Fsp3) is 0.778. The van der Waals surface area contributed by atoms with E-state index < -0.39 is 0 Å². The number of amides is 2. The highest BCUT2D eigenvalue weighted by atomic mass is 16.7. The topological polar surface area (TPSA) is 56.6 Å². The zero-order valence-corrected chi connectivity index (χ0v) is 8.14. The zero-order valence-electron chi connectivity index (χ0n) is 8.14. The lowest BCUT2D eigenvalue weighted by atomic mass is 10.0. The predicted octanol–water partition coefficient (Wildman–Crippen LogP) is 0.730. The average molecular weight is 195 g/mol. The third-order valence-corrected chi connectivity index (χ3v) is 2.74. The van der Waals surface area contributed by atoms with Crippen molar-refractivity contribution in [3.05, 3.63) is 0 Å². The molecule has 5 nitrogen and oxygen atoms in total. The Kier molecular flexibility index (Phi) is 2.30. The van der Waals surface area contributed by atoms with E-state index in [2.05, 4.69) is 6.07 Å². The third kappa shape index (κ3) is 1.23. The molecule has 0 aromatic carbocycles. The van der Waals surface area contributed by atoms with Gasteiger partial charge in [0.1, 0.15) is 6.04 Å². The lowest BCUT2D eigenvalue weighted by molar-refractivity contribution is -0.124. The Morgan fingerprint density at radius 1 is 1.64 bits per heavy atom. The van der Waals surface area contributed by atoms with E-state index in [-0.39, 0.29) is 18.1 Å². The van der Waals surface area contributed by atoms with E-state index in [0.717, 1.165) is 12.8 Å². The van der Waals surface area contributed by atoms with E-state index in [1.54, 1.807) is 4.90 Å². The van der Waals surface area contributed by atoms with Crippen LogP contribution in [0, 0.1) is 11.3 Å². The first-order chi connectivity index (χ1) is 6.77. The van der Waals surface area contributed by atoms with E-state index in [1.165, 1.54) is 5.06 Å². The Hall–Kier alpha value is -1.28. The molecule has 76 valence electrons. The van der Waals surface area contributed by atoms with Crippen LogP contribution in [0.3, 0.4) is 0 Å². The van der Waals surface area contributed by atoms with Crippen LogP contribution in [0.2, 0.25) is 0 Å². The highest BCUT2D eigenvalue weighted by molar-refractivity contribution is 5.77. The van der Waals surface area contributed by atoms with Crippen LogP contribution in [0.4, 0.5) is 4.79 Å². The number of rotatable bonds is 2. The summed E-state index contributed by atoms with van der Waals surface area (Å²) in [5.74, 6) is 0. The van der Waals surface area contributed by atoms with Crippen molar-refractivity contribution in [1.82, 2.24) is 9.96 Å². The van der Waals surface area contributed by atoms with Gasteiger partial charge in [-0.1, -0.05) is 0 Å². The van der Waals surface area contributed by atoms with E-state index in [4.69, 9.17) is 10.1 Å². The summed E-state index contributed by atoms with van der Waals surface area (Å²) in [5, 5.41) is 10.3. The molecule has 2 bridgehead atoms. The van der Waals surface area contributed by atoms with Crippen molar-refractivity contribution in [1.29, 1.82) is 5.26 Å². The molecule has 2 heterocycles. The summed E-state index contributed by atoms with van der Waals surface area (Å²) in [7, 11) is 0. The molecule has 0 aromatic heterocycles. The van der Waals surface area contributed by atoms with Gasteiger partial charge in [-0.15, -0.1) is 0 Å². The standard InChI is InChI=1S/C9H13N3O2/c1-2-14-12-8-4-3-7(5-10)11(6-8)9(12)13/h7-8H,2-4,6H2,1H3/t7-,8+/m0/s1. The van der Waals surface area contributed by atoms with Gasteiger partial charge in [0.05, 0.1) is 18.7 Å². The van der Waals surface area contributed by atoms with Crippen LogP contribution in [0.15, 0.2) is 0 Å². The SMILES string of the molecule is CCON1C(=O)N2C[C@H]1CC[C@H]2C#N. The molecule has 0 saturated carbocycles. The zero-order chi connectivity index (χ0) is 10.1. The first-order valence-corrected chi connectivity index (χ1v) is 4.90. The van der Waals surface area contributed by atoms with Crippen LogP contribution in [-0.4, -0.2) is 41.2 Å². The van der Waals surface area contributed by atoms with E-state index in [0.29, 0.717) is 13.2 Å². The highest BCUT2D eigenvalue weighted by Gasteiger charge is 2.45. The van der Waals surface area contributed by atoms with E-state index in [1.807, 2.05) is 6.92 Å². The lowest BCUT2D eigenvalue weighted by Gasteiger charge is -2.24. The number of nitrogens with zero attached hydrogens (tertiary/aromatic N) is 3. The van der Waals surface area contributed by atoms with E-state index >= 15 is 0 Å². The Bertz CT molecular complexity index is 286. The summed E-state index contributed by atoms with van der Waals surface area (Å²) >= 11 is 0. The molecule has 2 rings (SSSR count). The van der Waals surface area contributed by atoms with Crippen LogP contribution in [0.25, 0.3) is 0 Å².